The SMILES string of the molecule is CC=CC(OC1COC(C)(OC)O1)c1ccccc1. The molecule has 0 aliphatic carbocycles. The van der Waals surface area contributed by atoms with Crippen LogP contribution in [0.4, 0.5) is 0 Å². The molecule has 0 aromatic heterocycles. The summed E-state index contributed by atoms with van der Waals surface area (Å²) in [5.41, 5.74) is 1.08. The van der Waals surface area contributed by atoms with Gasteiger partial charge in [-0.3, -0.25) is 4.74 Å². The maximum absolute atomic E-state index is 5.92. The van der Waals surface area contributed by atoms with Crippen LogP contribution >= 0.6 is 0 Å². The van der Waals surface area contributed by atoms with Crippen LogP contribution in [0.5, 0.6) is 0 Å². The number of ether oxygens (including phenoxy) is 4. The summed E-state index contributed by atoms with van der Waals surface area (Å²) in [5, 5.41) is 0. The number of rotatable bonds is 5. The van der Waals surface area contributed by atoms with Gasteiger partial charge in [-0.25, -0.2) is 0 Å². The first kappa shape index (κ1) is 14.2. The molecular weight excluding hydrogens is 244 g/mol. The predicted molar refractivity (Wildman–Crippen MR) is 71.3 cm³/mol. The highest BCUT2D eigenvalue weighted by atomic mass is 16.9. The van der Waals surface area contributed by atoms with Crippen molar-refractivity contribution in [3.63, 3.8) is 0 Å². The van der Waals surface area contributed by atoms with E-state index in [-0.39, 0.29) is 6.10 Å². The highest BCUT2D eigenvalue weighted by Gasteiger charge is 2.39. The highest BCUT2D eigenvalue weighted by molar-refractivity contribution is 5.21. The van der Waals surface area contributed by atoms with Gasteiger partial charge in [0.05, 0.1) is 0 Å². The van der Waals surface area contributed by atoms with Gasteiger partial charge in [0.2, 0.25) is 0 Å². The van der Waals surface area contributed by atoms with E-state index in [1.807, 2.05) is 49.4 Å². The average Bonchev–Trinajstić information content (AvgIpc) is 2.82. The van der Waals surface area contributed by atoms with Crippen LogP contribution in [0.2, 0.25) is 0 Å². The molecule has 1 aliphatic heterocycles. The van der Waals surface area contributed by atoms with E-state index in [0.717, 1.165) is 5.56 Å². The summed E-state index contributed by atoms with van der Waals surface area (Å²) < 4.78 is 22.1. The number of methoxy groups -OCH3 is 1. The van der Waals surface area contributed by atoms with Gasteiger partial charge >= 0.3 is 0 Å². The maximum Gasteiger partial charge on any atom is 0.282 e. The predicted octanol–water partition coefficient (Wildman–Crippen LogP) is 3.01. The Morgan fingerprint density at radius 2 is 2.11 bits per heavy atom. The molecule has 1 aromatic carbocycles. The van der Waals surface area contributed by atoms with Crippen molar-refractivity contribution in [3.05, 3.63) is 48.0 Å². The Labute approximate surface area is 113 Å². The molecule has 0 N–H and O–H groups in total. The second-order valence-electron chi connectivity index (χ2n) is 4.42. The van der Waals surface area contributed by atoms with E-state index in [2.05, 4.69) is 0 Å². The monoisotopic (exact) mass is 264 g/mol. The van der Waals surface area contributed by atoms with Gasteiger partial charge < -0.3 is 14.2 Å². The minimum atomic E-state index is -1.01. The van der Waals surface area contributed by atoms with Crippen LogP contribution in [0, 0.1) is 0 Å². The van der Waals surface area contributed by atoms with E-state index in [4.69, 9.17) is 18.9 Å². The number of benzene rings is 1. The van der Waals surface area contributed by atoms with Gasteiger partial charge in [-0.2, -0.15) is 0 Å². The third-order valence-corrected chi connectivity index (χ3v) is 2.99. The molecule has 1 aromatic rings. The molecule has 1 aliphatic rings. The molecule has 1 fully saturated rings. The zero-order valence-corrected chi connectivity index (χ0v) is 11.5. The third-order valence-electron chi connectivity index (χ3n) is 2.99. The lowest BCUT2D eigenvalue weighted by atomic mass is 10.1. The van der Waals surface area contributed by atoms with Crippen molar-refractivity contribution in [2.24, 2.45) is 0 Å². The van der Waals surface area contributed by atoms with E-state index < -0.39 is 12.3 Å². The van der Waals surface area contributed by atoms with Crippen molar-refractivity contribution in [1.29, 1.82) is 0 Å². The quantitative estimate of drug-likeness (QED) is 0.766. The lowest BCUT2D eigenvalue weighted by Gasteiger charge is -2.22. The molecule has 1 saturated heterocycles. The van der Waals surface area contributed by atoms with Crippen LogP contribution in [0.3, 0.4) is 0 Å². The molecule has 4 heteroatoms. The zero-order valence-electron chi connectivity index (χ0n) is 11.5. The van der Waals surface area contributed by atoms with Gasteiger partial charge in [0, 0.05) is 14.0 Å². The van der Waals surface area contributed by atoms with Gasteiger partial charge in [-0.15, -0.1) is 0 Å². The molecule has 3 atom stereocenters. The van der Waals surface area contributed by atoms with E-state index in [9.17, 15) is 0 Å². The summed E-state index contributed by atoms with van der Waals surface area (Å²) in [6.45, 7) is 4.04. The Bertz CT molecular complexity index is 417. The van der Waals surface area contributed by atoms with Crippen molar-refractivity contribution >= 4 is 0 Å². The van der Waals surface area contributed by atoms with Gasteiger partial charge in [0.1, 0.15) is 12.7 Å². The normalized spacial score (nSPS) is 28.9. The molecule has 19 heavy (non-hydrogen) atoms. The molecule has 0 spiro atoms. The second kappa shape index (κ2) is 6.30. The molecular formula is C15H20O4. The summed E-state index contributed by atoms with van der Waals surface area (Å²) in [6, 6.07) is 10.0. The summed E-state index contributed by atoms with van der Waals surface area (Å²) in [7, 11) is 1.54. The smallest absolute Gasteiger partial charge is 0.282 e. The summed E-state index contributed by atoms with van der Waals surface area (Å²) in [4.78, 5) is 0. The third kappa shape index (κ3) is 3.64. The van der Waals surface area contributed by atoms with Crippen molar-refractivity contribution in [2.45, 2.75) is 32.2 Å². The maximum atomic E-state index is 5.92. The minimum absolute atomic E-state index is 0.154. The lowest BCUT2D eigenvalue weighted by Crippen LogP contribution is -2.29. The molecule has 0 radical (unpaired) electrons. The van der Waals surface area contributed by atoms with Gasteiger partial charge in [0.15, 0.2) is 6.29 Å². The van der Waals surface area contributed by atoms with Crippen LogP contribution in [0.15, 0.2) is 42.5 Å². The van der Waals surface area contributed by atoms with Crippen molar-refractivity contribution in [2.75, 3.05) is 13.7 Å². The highest BCUT2D eigenvalue weighted by Crippen LogP contribution is 2.29. The number of hydrogen-bond donors (Lipinski definition) is 0. The molecule has 0 bridgehead atoms. The molecule has 2 rings (SSSR count). The van der Waals surface area contributed by atoms with E-state index in [1.54, 1.807) is 14.0 Å². The van der Waals surface area contributed by atoms with E-state index in [0.29, 0.717) is 6.61 Å². The van der Waals surface area contributed by atoms with Gasteiger partial charge in [-0.1, -0.05) is 42.5 Å². The topological polar surface area (TPSA) is 36.9 Å². The summed E-state index contributed by atoms with van der Waals surface area (Å²) in [5.74, 6) is -1.01. The molecule has 1 heterocycles. The lowest BCUT2D eigenvalue weighted by molar-refractivity contribution is -0.332. The van der Waals surface area contributed by atoms with Crippen molar-refractivity contribution in [3.8, 4) is 0 Å². The zero-order chi connectivity index (χ0) is 13.7. The minimum Gasteiger partial charge on any atom is -0.338 e. The van der Waals surface area contributed by atoms with Crippen molar-refractivity contribution < 1.29 is 18.9 Å². The van der Waals surface area contributed by atoms with Crippen LogP contribution < -0.4 is 0 Å². The van der Waals surface area contributed by atoms with Gasteiger partial charge in [-0.05, 0) is 12.5 Å². The Balaban J connectivity index is 2.03. The fourth-order valence-electron chi connectivity index (χ4n) is 1.92. The van der Waals surface area contributed by atoms with Crippen molar-refractivity contribution in [1.82, 2.24) is 0 Å². The van der Waals surface area contributed by atoms with Crippen LogP contribution in [0.1, 0.15) is 25.5 Å². The molecule has 104 valence electrons. The Morgan fingerprint density at radius 1 is 1.37 bits per heavy atom. The molecule has 0 amide bonds. The number of allylic oxidation sites excluding steroid dienone is 1. The van der Waals surface area contributed by atoms with E-state index >= 15 is 0 Å². The fraction of sp³-hybridized carbons (Fsp3) is 0.467. The average molecular weight is 264 g/mol. The summed E-state index contributed by atoms with van der Waals surface area (Å²) >= 11 is 0. The first-order valence-electron chi connectivity index (χ1n) is 6.37. The van der Waals surface area contributed by atoms with E-state index in [1.165, 1.54) is 0 Å². The van der Waals surface area contributed by atoms with Gasteiger partial charge in [0.25, 0.3) is 5.97 Å². The molecule has 0 saturated carbocycles. The first-order valence-corrected chi connectivity index (χ1v) is 6.37. The standard InChI is InChI=1S/C15H20O4/c1-4-8-13(12-9-6-5-7-10-12)18-14-11-17-15(2,16-3)19-14/h4-10,13-14H,11H2,1-3H3. The van der Waals surface area contributed by atoms with Crippen LogP contribution in [-0.4, -0.2) is 26.0 Å². The summed E-state index contributed by atoms with van der Waals surface area (Å²) in [6.07, 6.45) is 3.36. The second-order valence-corrected chi connectivity index (χ2v) is 4.42. The fourth-order valence-corrected chi connectivity index (χ4v) is 1.92. The molecule has 4 nitrogen and oxygen atoms in total. The largest absolute Gasteiger partial charge is 0.338 e. The molecule has 3 unspecified atom stereocenters. The van der Waals surface area contributed by atoms with Crippen LogP contribution in [0.25, 0.3) is 0 Å². The Morgan fingerprint density at radius 3 is 2.68 bits per heavy atom. The Kier molecular flexibility index (Phi) is 4.71. The Hall–Kier alpha value is -1.20. The van der Waals surface area contributed by atoms with Crippen LogP contribution in [-0.2, 0) is 18.9 Å². The first-order chi connectivity index (χ1) is 9.17. The number of hydrogen-bond acceptors (Lipinski definition) is 4.